The van der Waals surface area contributed by atoms with Crippen LogP contribution in [0, 0.1) is 0 Å². The summed E-state index contributed by atoms with van der Waals surface area (Å²) in [5, 5.41) is 3.87. The molecule has 1 aromatic carbocycles. The van der Waals surface area contributed by atoms with E-state index in [1.807, 2.05) is 31.2 Å². The number of benzene rings is 1. The van der Waals surface area contributed by atoms with E-state index >= 15 is 0 Å². The van der Waals surface area contributed by atoms with E-state index in [0.29, 0.717) is 18.1 Å². The molecule has 6 nitrogen and oxygen atoms in total. The van der Waals surface area contributed by atoms with E-state index < -0.39 is 0 Å². The molecule has 1 heterocycles. The van der Waals surface area contributed by atoms with Gasteiger partial charge in [0, 0.05) is 20.2 Å². The fourth-order valence-corrected chi connectivity index (χ4v) is 2.08. The third kappa shape index (κ3) is 3.28. The number of carbonyl (C=O) groups is 1. The van der Waals surface area contributed by atoms with Crippen molar-refractivity contribution in [3.05, 3.63) is 36.0 Å². The molecule has 2 rings (SSSR count). The molecule has 1 amide bonds. The third-order valence-electron chi connectivity index (χ3n) is 3.49. The number of para-hydroxylation sites is 1. The Morgan fingerprint density at radius 2 is 2.09 bits per heavy atom. The van der Waals surface area contributed by atoms with Crippen LogP contribution < -0.4 is 4.74 Å². The Kier molecular flexibility index (Phi) is 5.16. The Balaban J connectivity index is 2.23. The van der Waals surface area contributed by atoms with E-state index in [1.165, 1.54) is 0 Å². The molecule has 0 saturated carbocycles. The van der Waals surface area contributed by atoms with Crippen LogP contribution in [0.1, 0.15) is 17.4 Å². The highest BCUT2D eigenvalue weighted by Gasteiger charge is 2.22. The lowest BCUT2D eigenvalue weighted by molar-refractivity contribution is 0.0624. The van der Waals surface area contributed by atoms with Crippen LogP contribution in [0.3, 0.4) is 0 Å². The van der Waals surface area contributed by atoms with Crippen molar-refractivity contribution >= 4 is 5.91 Å². The van der Waals surface area contributed by atoms with Crippen molar-refractivity contribution in [2.75, 3.05) is 27.9 Å². The molecule has 0 N–H and O–H groups in total. The van der Waals surface area contributed by atoms with Gasteiger partial charge in [-0.1, -0.05) is 17.3 Å². The number of rotatable bonds is 6. The summed E-state index contributed by atoms with van der Waals surface area (Å²) in [7, 11) is 4.90. The fraction of sp³-hybridized carbons (Fsp3) is 0.375. The van der Waals surface area contributed by atoms with Crippen LogP contribution in [-0.2, 0) is 4.74 Å². The van der Waals surface area contributed by atoms with Crippen LogP contribution >= 0.6 is 0 Å². The van der Waals surface area contributed by atoms with Gasteiger partial charge in [0.1, 0.15) is 5.75 Å². The zero-order valence-electron chi connectivity index (χ0n) is 13.2. The molecule has 1 unspecified atom stereocenters. The third-order valence-corrected chi connectivity index (χ3v) is 3.49. The second kappa shape index (κ2) is 7.09. The molecular weight excluding hydrogens is 284 g/mol. The van der Waals surface area contributed by atoms with E-state index in [-0.39, 0.29) is 17.6 Å². The van der Waals surface area contributed by atoms with Gasteiger partial charge in [-0.05, 0) is 19.1 Å². The van der Waals surface area contributed by atoms with Gasteiger partial charge >= 0.3 is 0 Å². The average Bonchev–Trinajstić information content (AvgIpc) is 3.03. The normalized spacial score (nSPS) is 12.0. The quantitative estimate of drug-likeness (QED) is 0.820. The van der Waals surface area contributed by atoms with Crippen LogP contribution in [0.25, 0.3) is 11.3 Å². The Bertz CT molecular complexity index is 639. The fourth-order valence-electron chi connectivity index (χ4n) is 2.08. The maximum Gasteiger partial charge on any atom is 0.276 e. The molecule has 0 saturated heterocycles. The lowest BCUT2D eigenvalue weighted by Gasteiger charge is -2.23. The first-order valence-electron chi connectivity index (χ1n) is 6.94. The summed E-state index contributed by atoms with van der Waals surface area (Å²) in [5.41, 5.74) is 1.01. The first kappa shape index (κ1) is 16.0. The molecule has 0 aliphatic rings. The average molecular weight is 304 g/mol. The lowest BCUT2D eigenvalue weighted by atomic mass is 10.1. The van der Waals surface area contributed by atoms with Gasteiger partial charge in [-0.25, -0.2) is 0 Å². The van der Waals surface area contributed by atoms with Gasteiger partial charge in [0.15, 0.2) is 11.5 Å². The van der Waals surface area contributed by atoms with E-state index in [2.05, 4.69) is 5.16 Å². The minimum Gasteiger partial charge on any atom is -0.496 e. The molecule has 118 valence electrons. The number of hydrogen-bond acceptors (Lipinski definition) is 5. The van der Waals surface area contributed by atoms with Gasteiger partial charge < -0.3 is 18.9 Å². The van der Waals surface area contributed by atoms with Crippen LogP contribution in [0.2, 0.25) is 0 Å². The highest BCUT2D eigenvalue weighted by molar-refractivity contribution is 5.93. The number of likely N-dealkylation sites (N-methyl/N-ethyl adjacent to an activating group) is 1. The molecule has 0 spiro atoms. The summed E-state index contributed by atoms with van der Waals surface area (Å²) in [6, 6.07) is 8.98. The topological polar surface area (TPSA) is 64.8 Å². The summed E-state index contributed by atoms with van der Waals surface area (Å²) < 4.78 is 15.6. The summed E-state index contributed by atoms with van der Waals surface area (Å²) in [6.45, 7) is 2.36. The van der Waals surface area contributed by atoms with E-state index in [4.69, 9.17) is 14.0 Å². The Morgan fingerprint density at radius 3 is 2.77 bits per heavy atom. The van der Waals surface area contributed by atoms with Crippen molar-refractivity contribution in [1.82, 2.24) is 10.1 Å². The zero-order chi connectivity index (χ0) is 16.1. The minimum atomic E-state index is -0.213. The van der Waals surface area contributed by atoms with Crippen LogP contribution in [-0.4, -0.2) is 49.9 Å². The summed E-state index contributed by atoms with van der Waals surface area (Å²) in [6.07, 6.45) is 0. The molecule has 0 aliphatic heterocycles. The number of aromatic nitrogens is 1. The van der Waals surface area contributed by atoms with Crippen LogP contribution in [0.4, 0.5) is 0 Å². The van der Waals surface area contributed by atoms with Crippen LogP contribution in [0.5, 0.6) is 5.75 Å². The second-order valence-corrected chi connectivity index (χ2v) is 5.00. The Morgan fingerprint density at radius 1 is 1.36 bits per heavy atom. The smallest absolute Gasteiger partial charge is 0.276 e. The molecule has 6 heteroatoms. The SMILES string of the molecule is COCC(C)N(C)C(=O)c1cc(-c2ccccc2OC)on1. The molecule has 0 fully saturated rings. The summed E-state index contributed by atoms with van der Waals surface area (Å²) in [4.78, 5) is 14.0. The highest BCUT2D eigenvalue weighted by atomic mass is 16.5. The van der Waals surface area contributed by atoms with Gasteiger partial charge in [0.25, 0.3) is 5.91 Å². The first-order valence-corrected chi connectivity index (χ1v) is 6.94. The van der Waals surface area contributed by atoms with Crippen molar-refractivity contribution in [1.29, 1.82) is 0 Å². The summed E-state index contributed by atoms with van der Waals surface area (Å²) in [5.74, 6) is 0.946. The highest BCUT2D eigenvalue weighted by Crippen LogP contribution is 2.30. The molecule has 0 bridgehead atoms. The zero-order valence-corrected chi connectivity index (χ0v) is 13.2. The molecule has 22 heavy (non-hydrogen) atoms. The van der Waals surface area contributed by atoms with Gasteiger partial charge in [-0.15, -0.1) is 0 Å². The number of ether oxygens (including phenoxy) is 2. The monoisotopic (exact) mass is 304 g/mol. The van der Waals surface area contributed by atoms with E-state index in [1.54, 1.807) is 32.2 Å². The van der Waals surface area contributed by atoms with E-state index in [0.717, 1.165) is 5.56 Å². The number of carbonyl (C=O) groups excluding carboxylic acids is 1. The molecular formula is C16H20N2O4. The Labute approximate surface area is 129 Å². The number of amides is 1. The minimum absolute atomic E-state index is 0.0519. The van der Waals surface area contributed by atoms with Crippen molar-refractivity contribution < 1.29 is 18.8 Å². The number of hydrogen-bond donors (Lipinski definition) is 0. The first-order chi connectivity index (χ1) is 10.6. The predicted octanol–water partition coefficient (Wildman–Crippen LogP) is 2.46. The maximum atomic E-state index is 12.4. The largest absolute Gasteiger partial charge is 0.496 e. The van der Waals surface area contributed by atoms with Gasteiger partial charge in [-0.2, -0.15) is 0 Å². The maximum absolute atomic E-state index is 12.4. The van der Waals surface area contributed by atoms with Gasteiger partial charge in [-0.3, -0.25) is 4.79 Å². The molecule has 1 aromatic heterocycles. The van der Waals surface area contributed by atoms with E-state index in [9.17, 15) is 4.79 Å². The standard InChI is InChI=1S/C16H20N2O4/c1-11(10-20-3)18(2)16(19)13-9-15(22-17-13)12-7-5-6-8-14(12)21-4/h5-9,11H,10H2,1-4H3. The molecule has 0 aliphatic carbocycles. The molecule has 2 aromatic rings. The predicted molar refractivity (Wildman–Crippen MR) is 81.9 cm³/mol. The van der Waals surface area contributed by atoms with Crippen molar-refractivity contribution in [3.63, 3.8) is 0 Å². The second-order valence-electron chi connectivity index (χ2n) is 5.00. The number of methoxy groups -OCH3 is 2. The van der Waals surface area contributed by atoms with Crippen molar-refractivity contribution in [3.8, 4) is 17.1 Å². The van der Waals surface area contributed by atoms with Crippen LogP contribution in [0.15, 0.2) is 34.9 Å². The molecule has 1 atom stereocenters. The van der Waals surface area contributed by atoms with Crippen molar-refractivity contribution in [2.45, 2.75) is 13.0 Å². The van der Waals surface area contributed by atoms with Gasteiger partial charge in [0.2, 0.25) is 0 Å². The van der Waals surface area contributed by atoms with Gasteiger partial charge in [0.05, 0.1) is 25.3 Å². The van der Waals surface area contributed by atoms with Crippen molar-refractivity contribution in [2.24, 2.45) is 0 Å². The lowest BCUT2D eigenvalue weighted by Crippen LogP contribution is -2.37. The summed E-state index contributed by atoms with van der Waals surface area (Å²) >= 11 is 0. The Hall–Kier alpha value is -2.34. The number of nitrogens with zero attached hydrogens (tertiary/aromatic N) is 2. The molecule has 0 radical (unpaired) electrons.